The number of benzene rings is 3. The number of hydrogen-bond acceptors (Lipinski definition) is 5. The molecule has 0 bridgehead atoms. The Kier molecular flexibility index (Phi) is 5.48. The van der Waals surface area contributed by atoms with Crippen molar-refractivity contribution >= 4 is 0 Å². The Morgan fingerprint density at radius 3 is 2.62 bits per heavy atom. The van der Waals surface area contributed by atoms with Crippen molar-refractivity contribution in [2.24, 2.45) is 5.73 Å². The van der Waals surface area contributed by atoms with E-state index in [0.717, 1.165) is 33.5 Å². The van der Waals surface area contributed by atoms with Gasteiger partial charge in [0.1, 0.15) is 29.8 Å². The van der Waals surface area contributed by atoms with E-state index >= 15 is 0 Å². The largest absolute Gasteiger partial charge is 0.489 e. The molecule has 6 nitrogen and oxygen atoms in total. The lowest BCUT2D eigenvalue weighted by Crippen LogP contribution is -2.21. The van der Waals surface area contributed by atoms with Crippen LogP contribution in [0.4, 0.5) is 4.39 Å². The number of rotatable bonds is 5. The van der Waals surface area contributed by atoms with Crippen LogP contribution in [0.15, 0.2) is 84.3 Å². The standard InChI is InChI=1S/C27H21FN4O2/c1-16-5-9-18(10-6-16)25-24-23(22(14-29)26(30)34-27(24)32-31-25)19-3-2-4-21(13-19)33-15-17-7-11-20(28)12-8-17/h2-13,23H,15,30H2,1H3,(H,31,32)/t23-/m1/s1. The first-order valence-electron chi connectivity index (χ1n) is 10.7. The molecule has 0 radical (unpaired) electrons. The fourth-order valence-electron chi connectivity index (χ4n) is 4.05. The molecule has 168 valence electrons. The van der Waals surface area contributed by atoms with Crippen molar-refractivity contribution in [3.05, 3.63) is 112 Å². The molecule has 1 aliphatic rings. The van der Waals surface area contributed by atoms with Gasteiger partial charge >= 0.3 is 0 Å². The zero-order valence-corrected chi connectivity index (χ0v) is 18.4. The number of nitrogens with zero attached hydrogens (tertiary/aromatic N) is 2. The number of nitriles is 1. The molecule has 3 aromatic carbocycles. The third kappa shape index (κ3) is 3.97. The molecule has 0 amide bonds. The van der Waals surface area contributed by atoms with Gasteiger partial charge in [0.25, 0.3) is 0 Å². The van der Waals surface area contributed by atoms with E-state index in [2.05, 4.69) is 16.3 Å². The van der Waals surface area contributed by atoms with Gasteiger partial charge in [0, 0.05) is 5.56 Å². The van der Waals surface area contributed by atoms with Crippen LogP contribution in [0.25, 0.3) is 11.3 Å². The maximum absolute atomic E-state index is 13.2. The molecule has 3 N–H and O–H groups in total. The molecule has 1 aliphatic heterocycles. The molecule has 0 unspecified atom stereocenters. The highest BCUT2D eigenvalue weighted by atomic mass is 19.1. The Bertz CT molecular complexity index is 1420. The number of allylic oxidation sites excluding steroid dienone is 1. The van der Waals surface area contributed by atoms with Gasteiger partial charge in [-0.15, -0.1) is 5.10 Å². The van der Waals surface area contributed by atoms with Gasteiger partial charge in [-0.05, 0) is 42.3 Å². The predicted octanol–water partition coefficient (Wildman–Crippen LogP) is 5.32. The minimum atomic E-state index is -0.488. The summed E-state index contributed by atoms with van der Waals surface area (Å²) in [5, 5.41) is 17.3. The van der Waals surface area contributed by atoms with Crippen molar-refractivity contribution in [1.29, 1.82) is 5.26 Å². The van der Waals surface area contributed by atoms with Crippen molar-refractivity contribution < 1.29 is 13.9 Å². The van der Waals surface area contributed by atoms with Gasteiger partial charge in [-0.25, -0.2) is 4.39 Å². The average Bonchev–Trinajstić information content (AvgIpc) is 3.26. The van der Waals surface area contributed by atoms with Gasteiger partial charge in [0.2, 0.25) is 11.8 Å². The van der Waals surface area contributed by atoms with Gasteiger partial charge in [0.05, 0.1) is 17.2 Å². The van der Waals surface area contributed by atoms with E-state index < -0.39 is 5.92 Å². The molecule has 0 saturated carbocycles. The molecule has 2 heterocycles. The maximum atomic E-state index is 13.2. The van der Waals surface area contributed by atoms with Crippen molar-refractivity contribution in [3.8, 4) is 29.0 Å². The second-order valence-corrected chi connectivity index (χ2v) is 8.10. The molecule has 7 heteroatoms. The molecule has 1 aromatic heterocycles. The summed E-state index contributed by atoms with van der Waals surface area (Å²) >= 11 is 0. The zero-order valence-electron chi connectivity index (χ0n) is 18.4. The summed E-state index contributed by atoms with van der Waals surface area (Å²) in [7, 11) is 0. The molecule has 0 aliphatic carbocycles. The summed E-state index contributed by atoms with van der Waals surface area (Å²) in [5.41, 5.74) is 11.6. The number of nitrogens with one attached hydrogen (secondary N) is 1. The normalized spacial score (nSPS) is 14.8. The second kappa shape index (κ2) is 8.75. The number of hydrogen-bond donors (Lipinski definition) is 2. The van der Waals surface area contributed by atoms with Crippen LogP contribution in [-0.2, 0) is 6.61 Å². The fourth-order valence-corrected chi connectivity index (χ4v) is 4.05. The molecule has 34 heavy (non-hydrogen) atoms. The number of aryl methyl sites for hydroxylation is 1. The summed E-state index contributed by atoms with van der Waals surface area (Å²) in [5.74, 6) is 0.206. The van der Waals surface area contributed by atoms with E-state index in [1.54, 1.807) is 12.1 Å². The molecule has 0 saturated heterocycles. The van der Waals surface area contributed by atoms with Crippen LogP contribution in [0.2, 0.25) is 0 Å². The first-order chi connectivity index (χ1) is 16.5. The van der Waals surface area contributed by atoms with E-state index in [0.29, 0.717) is 17.2 Å². The Morgan fingerprint density at radius 2 is 1.88 bits per heavy atom. The maximum Gasteiger partial charge on any atom is 0.244 e. The molecule has 0 fully saturated rings. The van der Waals surface area contributed by atoms with Gasteiger partial charge < -0.3 is 15.2 Å². The lowest BCUT2D eigenvalue weighted by molar-refractivity contribution is 0.305. The predicted molar refractivity (Wildman–Crippen MR) is 125 cm³/mol. The lowest BCUT2D eigenvalue weighted by Gasteiger charge is -2.24. The number of halogens is 1. The van der Waals surface area contributed by atoms with Crippen molar-refractivity contribution in [2.45, 2.75) is 19.4 Å². The van der Waals surface area contributed by atoms with Crippen LogP contribution in [-0.4, -0.2) is 10.2 Å². The van der Waals surface area contributed by atoms with Crippen molar-refractivity contribution in [3.63, 3.8) is 0 Å². The van der Waals surface area contributed by atoms with Crippen LogP contribution in [0.1, 0.15) is 28.2 Å². The molecule has 5 rings (SSSR count). The minimum absolute atomic E-state index is 0.0274. The van der Waals surface area contributed by atoms with Gasteiger partial charge in [-0.1, -0.05) is 54.1 Å². The van der Waals surface area contributed by atoms with E-state index in [1.807, 2.05) is 55.5 Å². The highest BCUT2D eigenvalue weighted by molar-refractivity contribution is 5.71. The fraction of sp³-hybridized carbons (Fsp3) is 0.111. The second-order valence-electron chi connectivity index (χ2n) is 8.10. The smallest absolute Gasteiger partial charge is 0.244 e. The molecular weight excluding hydrogens is 431 g/mol. The number of aromatic nitrogens is 2. The topological polar surface area (TPSA) is 97.0 Å². The van der Waals surface area contributed by atoms with Gasteiger partial charge in [0.15, 0.2) is 0 Å². The van der Waals surface area contributed by atoms with Gasteiger partial charge in [-0.2, -0.15) is 5.26 Å². The monoisotopic (exact) mass is 452 g/mol. The third-order valence-electron chi connectivity index (χ3n) is 5.79. The van der Waals surface area contributed by atoms with Crippen LogP contribution < -0.4 is 15.2 Å². The Balaban J connectivity index is 1.53. The first-order valence-corrected chi connectivity index (χ1v) is 10.7. The number of aromatic amines is 1. The number of H-pyrrole nitrogens is 1. The van der Waals surface area contributed by atoms with E-state index in [-0.39, 0.29) is 18.3 Å². The highest BCUT2D eigenvalue weighted by Gasteiger charge is 2.35. The SMILES string of the molecule is Cc1ccc(-c2[nH]nc3c2[C@H](c2cccc(OCc4ccc(F)cc4)c2)C(C#N)=C(N)O3)cc1. The summed E-state index contributed by atoms with van der Waals surface area (Å²) < 4.78 is 24.8. The van der Waals surface area contributed by atoms with Crippen LogP contribution in [0.5, 0.6) is 11.6 Å². The van der Waals surface area contributed by atoms with Crippen LogP contribution >= 0.6 is 0 Å². The summed E-state index contributed by atoms with van der Waals surface area (Å²) in [4.78, 5) is 0. The summed E-state index contributed by atoms with van der Waals surface area (Å²) in [6, 6.07) is 23.9. The van der Waals surface area contributed by atoms with Crippen LogP contribution in [0, 0.1) is 24.1 Å². The zero-order chi connectivity index (χ0) is 23.7. The van der Waals surface area contributed by atoms with Gasteiger partial charge in [-0.3, -0.25) is 5.10 Å². The molecule has 4 aromatic rings. The molecule has 1 atom stereocenters. The summed E-state index contributed by atoms with van der Waals surface area (Å²) in [6.07, 6.45) is 0. The van der Waals surface area contributed by atoms with Crippen molar-refractivity contribution in [2.75, 3.05) is 0 Å². The number of nitrogens with two attached hydrogens (primary N) is 1. The Hall–Kier alpha value is -4.57. The number of fused-ring (bicyclic) bond motifs is 1. The lowest BCUT2D eigenvalue weighted by atomic mass is 9.83. The highest BCUT2D eigenvalue weighted by Crippen LogP contribution is 2.46. The Labute approximate surface area is 196 Å². The minimum Gasteiger partial charge on any atom is -0.489 e. The molecule has 0 spiro atoms. The quantitative estimate of drug-likeness (QED) is 0.427. The third-order valence-corrected chi connectivity index (χ3v) is 5.79. The first kappa shape index (κ1) is 21.3. The van der Waals surface area contributed by atoms with Crippen LogP contribution in [0.3, 0.4) is 0 Å². The average molecular weight is 452 g/mol. The van der Waals surface area contributed by atoms with E-state index in [1.165, 1.54) is 12.1 Å². The Morgan fingerprint density at radius 1 is 1.12 bits per heavy atom. The molecular formula is C27H21FN4O2. The van der Waals surface area contributed by atoms with E-state index in [9.17, 15) is 9.65 Å². The summed E-state index contributed by atoms with van der Waals surface area (Å²) in [6.45, 7) is 2.30. The number of ether oxygens (including phenoxy) is 2. The van der Waals surface area contributed by atoms with E-state index in [4.69, 9.17) is 15.2 Å². The van der Waals surface area contributed by atoms with Crippen molar-refractivity contribution in [1.82, 2.24) is 10.2 Å².